The number of benzene rings is 1. The summed E-state index contributed by atoms with van der Waals surface area (Å²) in [4.78, 5) is 14.2. The average Bonchev–Trinajstić information content (AvgIpc) is 2.83. The first-order valence-corrected chi connectivity index (χ1v) is 7.46. The van der Waals surface area contributed by atoms with Crippen molar-refractivity contribution < 1.29 is 4.79 Å². The molecule has 1 amide bonds. The van der Waals surface area contributed by atoms with E-state index in [-0.39, 0.29) is 18.3 Å². The standard InChI is InChI=1S/C14H19Cl2N3O.ClH/c1-17-7-10-5-6-19(8-10)9-13(20)18-12-4-2-3-11(15)14(12)16;/h2-4,10,17H,5-9H2,1H3,(H,18,20);1H. The van der Waals surface area contributed by atoms with E-state index in [0.717, 1.165) is 26.1 Å². The number of carbonyl (C=O) groups is 1. The summed E-state index contributed by atoms with van der Waals surface area (Å²) in [5.41, 5.74) is 0.565. The molecular weight excluding hydrogens is 333 g/mol. The molecule has 0 aliphatic carbocycles. The molecule has 2 N–H and O–H groups in total. The third kappa shape index (κ3) is 5.31. The highest BCUT2D eigenvalue weighted by atomic mass is 35.5. The molecule has 1 fully saturated rings. The van der Waals surface area contributed by atoms with E-state index in [1.54, 1.807) is 18.2 Å². The normalized spacial score (nSPS) is 18.3. The van der Waals surface area contributed by atoms with Crippen LogP contribution in [-0.4, -0.2) is 44.0 Å². The van der Waals surface area contributed by atoms with Crippen molar-refractivity contribution in [3.05, 3.63) is 28.2 Å². The first kappa shape index (κ1) is 18.5. The van der Waals surface area contributed by atoms with Gasteiger partial charge in [-0.25, -0.2) is 0 Å². The van der Waals surface area contributed by atoms with Gasteiger partial charge in [-0.05, 0) is 44.6 Å². The molecule has 0 spiro atoms. The predicted molar refractivity (Wildman–Crippen MR) is 90.8 cm³/mol. The third-order valence-electron chi connectivity index (χ3n) is 3.46. The molecule has 118 valence electrons. The van der Waals surface area contributed by atoms with Crippen LogP contribution in [-0.2, 0) is 4.79 Å². The fraction of sp³-hybridized carbons (Fsp3) is 0.500. The van der Waals surface area contributed by atoms with Crippen molar-refractivity contribution in [2.75, 3.05) is 38.5 Å². The molecule has 1 unspecified atom stereocenters. The highest BCUT2D eigenvalue weighted by Crippen LogP contribution is 2.29. The lowest BCUT2D eigenvalue weighted by atomic mass is 10.1. The maximum atomic E-state index is 12.0. The molecule has 21 heavy (non-hydrogen) atoms. The fourth-order valence-corrected chi connectivity index (χ4v) is 2.85. The van der Waals surface area contributed by atoms with Crippen LogP contribution in [0.4, 0.5) is 5.69 Å². The van der Waals surface area contributed by atoms with Crippen molar-refractivity contribution in [1.82, 2.24) is 10.2 Å². The maximum Gasteiger partial charge on any atom is 0.238 e. The summed E-state index contributed by atoms with van der Waals surface area (Å²) in [5, 5.41) is 6.82. The van der Waals surface area contributed by atoms with E-state index in [1.165, 1.54) is 0 Å². The number of rotatable bonds is 5. The molecule has 2 rings (SSSR count). The largest absolute Gasteiger partial charge is 0.324 e. The fourth-order valence-electron chi connectivity index (χ4n) is 2.50. The van der Waals surface area contributed by atoms with Crippen LogP contribution in [0, 0.1) is 5.92 Å². The number of anilines is 1. The lowest BCUT2D eigenvalue weighted by Gasteiger charge is -2.16. The Balaban J connectivity index is 0.00000220. The van der Waals surface area contributed by atoms with E-state index in [9.17, 15) is 4.79 Å². The molecule has 1 saturated heterocycles. The Morgan fingerprint density at radius 3 is 2.90 bits per heavy atom. The number of likely N-dealkylation sites (tertiary alicyclic amines) is 1. The lowest BCUT2D eigenvalue weighted by Crippen LogP contribution is -2.32. The predicted octanol–water partition coefficient (Wildman–Crippen LogP) is 2.90. The summed E-state index contributed by atoms with van der Waals surface area (Å²) < 4.78 is 0. The molecule has 7 heteroatoms. The van der Waals surface area contributed by atoms with E-state index in [1.807, 2.05) is 7.05 Å². The molecule has 1 aliphatic heterocycles. The average molecular weight is 353 g/mol. The number of halogens is 3. The molecule has 0 radical (unpaired) electrons. The molecule has 1 aromatic rings. The Labute approximate surface area is 141 Å². The van der Waals surface area contributed by atoms with Crippen LogP contribution in [0.15, 0.2) is 18.2 Å². The highest BCUT2D eigenvalue weighted by molar-refractivity contribution is 6.43. The van der Waals surface area contributed by atoms with Gasteiger partial charge >= 0.3 is 0 Å². The second-order valence-electron chi connectivity index (χ2n) is 5.10. The van der Waals surface area contributed by atoms with Crippen molar-refractivity contribution in [3.8, 4) is 0 Å². The van der Waals surface area contributed by atoms with Gasteiger partial charge in [0.2, 0.25) is 5.91 Å². The summed E-state index contributed by atoms with van der Waals surface area (Å²) >= 11 is 12.0. The van der Waals surface area contributed by atoms with Gasteiger partial charge in [-0.15, -0.1) is 12.4 Å². The molecule has 1 aromatic carbocycles. The van der Waals surface area contributed by atoms with E-state index in [4.69, 9.17) is 23.2 Å². The summed E-state index contributed by atoms with van der Waals surface area (Å²) in [5.74, 6) is 0.571. The van der Waals surface area contributed by atoms with Gasteiger partial charge in [0.05, 0.1) is 22.3 Å². The SMILES string of the molecule is CNCC1CCN(CC(=O)Nc2cccc(Cl)c2Cl)C1.Cl. The van der Waals surface area contributed by atoms with Crippen molar-refractivity contribution >= 4 is 47.2 Å². The Morgan fingerprint density at radius 1 is 1.43 bits per heavy atom. The number of amides is 1. The zero-order chi connectivity index (χ0) is 14.5. The molecule has 4 nitrogen and oxygen atoms in total. The van der Waals surface area contributed by atoms with Gasteiger partial charge in [0.1, 0.15) is 0 Å². The zero-order valence-electron chi connectivity index (χ0n) is 11.9. The van der Waals surface area contributed by atoms with Crippen LogP contribution in [0.5, 0.6) is 0 Å². The molecular formula is C14H20Cl3N3O. The van der Waals surface area contributed by atoms with Gasteiger partial charge in [0, 0.05) is 6.54 Å². The van der Waals surface area contributed by atoms with Gasteiger partial charge in [-0.1, -0.05) is 29.3 Å². The third-order valence-corrected chi connectivity index (χ3v) is 4.27. The Bertz CT molecular complexity index is 485. The summed E-state index contributed by atoms with van der Waals surface area (Å²) in [6.07, 6.45) is 1.13. The first-order valence-electron chi connectivity index (χ1n) is 6.71. The number of hydrogen-bond donors (Lipinski definition) is 2. The number of hydrogen-bond acceptors (Lipinski definition) is 3. The Hall–Kier alpha value is -0.520. The number of nitrogens with one attached hydrogen (secondary N) is 2. The van der Waals surface area contributed by atoms with E-state index < -0.39 is 0 Å². The Morgan fingerprint density at radius 2 is 2.19 bits per heavy atom. The second-order valence-corrected chi connectivity index (χ2v) is 5.88. The topological polar surface area (TPSA) is 44.4 Å². The minimum atomic E-state index is -0.0562. The number of carbonyl (C=O) groups excluding carboxylic acids is 1. The molecule has 0 saturated carbocycles. The molecule has 1 atom stereocenters. The van der Waals surface area contributed by atoms with Crippen LogP contribution in [0.1, 0.15) is 6.42 Å². The lowest BCUT2D eigenvalue weighted by molar-refractivity contribution is -0.117. The van der Waals surface area contributed by atoms with Crippen LogP contribution >= 0.6 is 35.6 Å². The highest BCUT2D eigenvalue weighted by Gasteiger charge is 2.23. The Kier molecular flexibility index (Phi) is 7.77. The van der Waals surface area contributed by atoms with Crippen LogP contribution in [0.3, 0.4) is 0 Å². The minimum Gasteiger partial charge on any atom is -0.324 e. The van der Waals surface area contributed by atoms with Gasteiger partial charge in [-0.3, -0.25) is 9.69 Å². The number of nitrogens with zero attached hydrogens (tertiary/aromatic N) is 1. The van der Waals surface area contributed by atoms with Gasteiger partial charge in [0.25, 0.3) is 0 Å². The van der Waals surface area contributed by atoms with Crippen LogP contribution in [0.2, 0.25) is 10.0 Å². The monoisotopic (exact) mass is 351 g/mol. The van der Waals surface area contributed by atoms with Crippen molar-refractivity contribution in [2.45, 2.75) is 6.42 Å². The van der Waals surface area contributed by atoms with Gasteiger partial charge in [0.15, 0.2) is 0 Å². The minimum absolute atomic E-state index is 0. The van der Waals surface area contributed by atoms with Crippen LogP contribution < -0.4 is 10.6 Å². The summed E-state index contributed by atoms with van der Waals surface area (Å²) in [7, 11) is 1.95. The molecule has 1 heterocycles. The van der Waals surface area contributed by atoms with Crippen LogP contribution in [0.25, 0.3) is 0 Å². The molecule has 0 aromatic heterocycles. The maximum absolute atomic E-state index is 12.0. The van der Waals surface area contributed by atoms with Crippen molar-refractivity contribution in [3.63, 3.8) is 0 Å². The molecule has 0 bridgehead atoms. The van der Waals surface area contributed by atoms with E-state index >= 15 is 0 Å². The van der Waals surface area contributed by atoms with E-state index in [0.29, 0.717) is 28.2 Å². The molecule has 1 aliphatic rings. The van der Waals surface area contributed by atoms with Crippen molar-refractivity contribution in [1.29, 1.82) is 0 Å². The second kappa shape index (κ2) is 8.81. The summed E-state index contributed by atoms with van der Waals surface area (Å²) in [6, 6.07) is 5.21. The van der Waals surface area contributed by atoms with Gasteiger partial charge < -0.3 is 10.6 Å². The zero-order valence-corrected chi connectivity index (χ0v) is 14.2. The quantitative estimate of drug-likeness (QED) is 0.856. The van der Waals surface area contributed by atoms with E-state index in [2.05, 4.69) is 15.5 Å². The first-order chi connectivity index (χ1) is 9.60. The smallest absolute Gasteiger partial charge is 0.238 e. The summed E-state index contributed by atoms with van der Waals surface area (Å²) in [6.45, 7) is 3.31. The van der Waals surface area contributed by atoms with Gasteiger partial charge in [-0.2, -0.15) is 0 Å². The van der Waals surface area contributed by atoms with Crippen molar-refractivity contribution in [2.24, 2.45) is 5.92 Å².